The zero-order valence-electron chi connectivity index (χ0n) is 13.1. The Kier molecular flexibility index (Phi) is 3.16. The summed E-state index contributed by atoms with van der Waals surface area (Å²) in [6, 6.07) is 1.02. The first-order valence-corrected chi connectivity index (χ1v) is 7.91. The van der Waals surface area contributed by atoms with E-state index in [1.807, 2.05) is 19.9 Å². The molecule has 124 valence electrons. The maximum atomic E-state index is 12.3. The van der Waals surface area contributed by atoms with E-state index in [-0.39, 0.29) is 24.2 Å². The lowest BCUT2D eigenvalue weighted by Gasteiger charge is -2.30. The Morgan fingerprint density at radius 3 is 2.78 bits per heavy atom. The van der Waals surface area contributed by atoms with Crippen LogP contribution in [0.1, 0.15) is 32.7 Å². The molecule has 3 aliphatic rings. The van der Waals surface area contributed by atoms with E-state index in [2.05, 4.69) is 4.98 Å². The Bertz CT molecular complexity index is 777. The molecule has 0 unspecified atom stereocenters. The predicted octanol–water partition coefficient (Wildman–Crippen LogP) is 0.309. The lowest BCUT2D eigenvalue weighted by molar-refractivity contribution is -0.157. The van der Waals surface area contributed by atoms with Crippen LogP contribution in [0.5, 0.6) is 0 Å². The van der Waals surface area contributed by atoms with Crippen molar-refractivity contribution in [1.82, 2.24) is 9.55 Å². The van der Waals surface area contributed by atoms with E-state index < -0.39 is 23.1 Å². The van der Waals surface area contributed by atoms with Crippen LogP contribution in [0.2, 0.25) is 0 Å². The molecule has 7 nitrogen and oxygen atoms in total. The lowest BCUT2D eigenvalue weighted by Crippen LogP contribution is -2.37. The Hall–Kier alpha value is -1.70. The number of aromatic nitrogens is 2. The third-order valence-electron chi connectivity index (χ3n) is 4.94. The molecule has 0 amide bonds. The van der Waals surface area contributed by atoms with Crippen LogP contribution in [-0.4, -0.2) is 38.8 Å². The number of hydrogen-bond donors (Lipinski definition) is 2. The van der Waals surface area contributed by atoms with Crippen LogP contribution in [0.15, 0.2) is 33.5 Å². The van der Waals surface area contributed by atoms with Crippen molar-refractivity contribution in [3.05, 3.63) is 44.8 Å². The first-order chi connectivity index (χ1) is 10.9. The molecular formula is C16H20N2O5. The molecule has 2 heterocycles. The van der Waals surface area contributed by atoms with Gasteiger partial charge in [-0.05, 0) is 32.3 Å². The molecule has 1 aromatic heterocycles. The molecule has 1 saturated heterocycles. The minimum Gasteiger partial charge on any atom is -0.393 e. The summed E-state index contributed by atoms with van der Waals surface area (Å²) in [6.07, 6.45) is 3.74. The van der Waals surface area contributed by atoms with E-state index >= 15 is 0 Å². The van der Waals surface area contributed by atoms with Crippen molar-refractivity contribution in [2.75, 3.05) is 0 Å². The number of hydrogen-bond acceptors (Lipinski definition) is 5. The maximum absolute atomic E-state index is 12.3. The summed E-state index contributed by atoms with van der Waals surface area (Å²) in [7, 11) is 0. The van der Waals surface area contributed by atoms with Gasteiger partial charge in [0, 0.05) is 18.2 Å². The summed E-state index contributed by atoms with van der Waals surface area (Å²) in [5, 5.41) is 10.00. The Morgan fingerprint density at radius 1 is 1.30 bits per heavy atom. The number of ether oxygens (including phenoxy) is 2. The highest BCUT2D eigenvalue weighted by Crippen LogP contribution is 2.52. The van der Waals surface area contributed by atoms with E-state index in [4.69, 9.17) is 9.47 Å². The molecule has 0 bridgehead atoms. The van der Waals surface area contributed by atoms with Gasteiger partial charge in [-0.15, -0.1) is 0 Å². The number of nitrogens with zero attached hydrogens (tertiary/aromatic N) is 1. The second-order valence-electron chi connectivity index (χ2n) is 6.96. The second-order valence-corrected chi connectivity index (χ2v) is 6.96. The van der Waals surface area contributed by atoms with Crippen molar-refractivity contribution in [3.63, 3.8) is 0 Å². The van der Waals surface area contributed by atoms with Crippen LogP contribution in [0.25, 0.3) is 0 Å². The molecule has 7 heteroatoms. The van der Waals surface area contributed by atoms with Crippen molar-refractivity contribution < 1.29 is 14.6 Å². The normalized spacial score (nSPS) is 38.0. The van der Waals surface area contributed by atoms with Gasteiger partial charge in [-0.2, -0.15) is 0 Å². The molecule has 23 heavy (non-hydrogen) atoms. The van der Waals surface area contributed by atoms with Crippen LogP contribution < -0.4 is 11.2 Å². The van der Waals surface area contributed by atoms with Crippen LogP contribution in [0.4, 0.5) is 0 Å². The Balaban J connectivity index is 1.83. The average Bonchev–Trinajstić information content (AvgIpc) is 2.91. The van der Waals surface area contributed by atoms with Crippen LogP contribution >= 0.6 is 0 Å². The number of aliphatic hydroxyl groups excluding tert-OH is 1. The molecule has 1 aliphatic heterocycles. The van der Waals surface area contributed by atoms with E-state index in [9.17, 15) is 14.7 Å². The monoisotopic (exact) mass is 320 g/mol. The van der Waals surface area contributed by atoms with Gasteiger partial charge in [0.05, 0.1) is 18.2 Å². The molecule has 1 saturated carbocycles. The molecular weight excluding hydrogens is 300 g/mol. The summed E-state index contributed by atoms with van der Waals surface area (Å²) in [5.74, 6) is -0.706. The second kappa shape index (κ2) is 4.90. The first kappa shape index (κ1) is 14.9. The highest BCUT2D eigenvalue weighted by atomic mass is 16.8. The van der Waals surface area contributed by atoms with E-state index in [1.54, 1.807) is 0 Å². The molecule has 2 fully saturated rings. The van der Waals surface area contributed by atoms with Gasteiger partial charge in [0.2, 0.25) is 0 Å². The van der Waals surface area contributed by atoms with Gasteiger partial charge >= 0.3 is 5.69 Å². The minimum atomic E-state index is -0.729. The maximum Gasteiger partial charge on any atom is 0.328 e. The van der Waals surface area contributed by atoms with Gasteiger partial charge in [-0.25, -0.2) is 4.79 Å². The van der Waals surface area contributed by atoms with Crippen LogP contribution in [0, 0.1) is 5.92 Å². The number of nitrogens with one attached hydrogen (secondary N) is 1. The summed E-state index contributed by atoms with van der Waals surface area (Å²) >= 11 is 0. The number of rotatable bonds is 1. The van der Waals surface area contributed by atoms with Crippen molar-refractivity contribution in [2.24, 2.45) is 5.92 Å². The average molecular weight is 320 g/mol. The largest absolute Gasteiger partial charge is 0.393 e. The molecule has 0 aromatic carbocycles. The summed E-state index contributed by atoms with van der Waals surface area (Å²) in [5.41, 5.74) is 0.173. The zero-order valence-corrected chi connectivity index (χ0v) is 13.1. The van der Waals surface area contributed by atoms with Crippen LogP contribution in [0.3, 0.4) is 0 Å². The lowest BCUT2D eigenvalue weighted by atomic mass is 9.86. The van der Waals surface area contributed by atoms with Crippen molar-refractivity contribution in [3.8, 4) is 0 Å². The van der Waals surface area contributed by atoms with Gasteiger partial charge in [0.25, 0.3) is 5.56 Å². The minimum absolute atomic E-state index is 0.0225. The molecule has 5 atom stereocenters. The fourth-order valence-electron chi connectivity index (χ4n) is 4.14. The third-order valence-corrected chi connectivity index (χ3v) is 4.94. The fourth-order valence-corrected chi connectivity index (χ4v) is 4.14. The van der Waals surface area contributed by atoms with Gasteiger partial charge in [0.1, 0.15) is 6.10 Å². The zero-order chi connectivity index (χ0) is 16.4. The van der Waals surface area contributed by atoms with Gasteiger partial charge in [0.15, 0.2) is 5.79 Å². The standard InChI is InChI=1S/C16H20N2O5/c1-16(2)22-13-10-7-8(19)3-4-9(10)12(14(13)23-16)18-6-5-11(20)17-15(18)21/h4-6,8,10,12-14,19H,3,7H2,1-2H3,(H,17,20,21)/t8-,10+,12-,13-,14+/m1/s1. The number of H-pyrrole nitrogens is 1. The van der Waals surface area contributed by atoms with Gasteiger partial charge in [-0.3, -0.25) is 14.3 Å². The van der Waals surface area contributed by atoms with Gasteiger partial charge in [-0.1, -0.05) is 6.08 Å². The van der Waals surface area contributed by atoms with E-state index in [0.717, 1.165) is 5.57 Å². The number of fused-ring (bicyclic) bond motifs is 3. The molecule has 1 aromatic rings. The molecule has 0 radical (unpaired) electrons. The SMILES string of the molecule is CC1(C)O[C@@H]2[C@H](O1)[C@H]1C[C@H](O)CC=C1[C@H]2n1ccc(=O)[nH]c1=O. The van der Waals surface area contributed by atoms with Crippen molar-refractivity contribution in [1.29, 1.82) is 0 Å². The van der Waals surface area contributed by atoms with Gasteiger partial charge < -0.3 is 14.6 Å². The third kappa shape index (κ3) is 2.31. The quantitative estimate of drug-likeness (QED) is 0.726. The molecule has 2 aliphatic carbocycles. The molecule has 4 rings (SSSR count). The first-order valence-electron chi connectivity index (χ1n) is 7.91. The highest BCUT2D eigenvalue weighted by Gasteiger charge is 2.57. The van der Waals surface area contributed by atoms with Crippen LogP contribution in [-0.2, 0) is 9.47 Å². The molecule has 0 spiro atoms. The summed E-state index contributed by atoms with van der Waals surface area (Å²) in [6.45, 7) is 3.70. The topological polar surface area (TPSA) is 93.5 Å². The predicted molar refractivity (Wildman–Crippen MR) is 81.0 cm³/mol. The summed E-state index contributed by atoms with van der Waals surface area (Å²) in [4.78, 5) is 25.9. The molecule has 2 N–H and O–H groups in total. The smallest absolute Gasteiger partial charge is 0.328 e. The van der Waals surface area contributed by atoms with Crippen molar-refractivity contribution >= 4 is 0 Å². The van der Waals surface area contributed by atoms with E-state index in [0.29, 0.717) is 12.8 Å². The Labute approximate surface area is 132 Å². The number of aliphatic hydroxyl groups is 1. The van der Waals surface area contributed by atoms with Crippen molar-refractivity contribution in [2.45, 2.75) is 56.8 Å². The summed E-state index contributed by atoms with van der Waals surface area (Å²) < 4.78 is 13.6. The number of aromatic amines is 1. The highest BCUT2D eigenvalue weighted by molar-refractivity contribution is 5.29. The Morgan fingerprint density at radius 2 is 2.04 bits per heavy atom. The fraction of sp³-hybridized carbons (Fsp3) is 0.625. The van der Waals surface area contributed by atoms with E-state index in [1.165, 1.54) is 16.8 Å².